The first-order chi connectivity index (χ1) is 12.2. The zero-order valence-electron chi connectivity index (χ0n) is 14.5. The van der Waals surface area contributed by atoms with E-state index in [9.17, 15) is 4.79 Å². The van der Waals surface area contributed by atoms with Crippen LogP contribution in [-0.4, -0.2) is 47.6 Å². The number of benzene rings is 1. The molecule has 5 nitrogen and oxygen atoms in total. The lowest BCUT2D eigenvalue weighted by molar-refractivity contribution is -0.144. The van der Waals surface area contributed by atoms with Gasteiger partial charge < -0.3 is 9.64 Å². The second kappa shape index (κ2) is 6.86. The van der Waals surface area contributed by atoms with E-state index >= 15 is 0 Å². The van der Waals surface area contributed by atoms with Crippen LogP contribution in [0.5, 0.6) is 0 Å². The summed E-state index contributed by atoms with van der Waals surface area (Å²) in [7, 11) is 0. The summed E-state index contributed by atoms with van der Waals surface area (Å²) in [6.07, 6.45) is 1.92. The predicted molar refractivity (Wildman–Crippen MR) is 98.8 cm³/mol. The van der Waals surface area contributed by atoms with Crippen molar-refractivity contribution in [3.63, 3.8) is 0 Å². The molecule has 0 N–H and O–H groups in total. The lowest BCUT2D eigenvalue weighted by Crippen LogP contribution is -2.58. The van der Waals surface area contributed by atoms with Crippen LogP contribution in [-0.2, 0) is 16.1 Å². The van der Waals surface area contributed by atoms with Crippen molar-refractivity contribution in [3.8, 4) is 0 Å². The molecular weight excluding hydrogens is 334 g/mol. The van der Waals surface area contributed by atoms with Crippen LogP contribution >= 0.6 is 11.3 Å². The van der Waals surface area contributed by atoms with Crippen LogP contribution in [0, 0.1) is 6.92 Å². The van der Waals surface area contributed by atoms with Crippen LogP contribution in [0.3, 0.4) is 0 Å². The number of carbonyl (C=O) groups is 1. The Morgan fingerprint density at radius 1 is 1.24 bits per heavy atom. The predicted octanol–water partition coefficient (Wildman–Crippen LogP) is 2.85. The number of amides is 1. The maximum absolute atomic E-state index is 12.3. The molecular formula is C19H23N3O2S. The van der Waals surface area contributed by atoms with Crippen LogP contribution in [0.1, 0.15) is 23.4 Å². The minimum atomic E-state index is -0.205. The minimum absolute atomic E-state index is 0.0551. The van der Waals surface area contributed by atoms with Crippen molar-refractivity contribution in [3.05, 3.63) is 46.4 Å². The molecule has 2 aliphatic heterocycles. The molecule has 0 radical (unpaired) electrons. The SMILES string of the molecule is Cc1ncsc1CN1CCC2(CC1)CN(c1ccccc1)C(=O)CO2. The average Bonchev–Trinajstić information content (AvgIpc) is 3.05. The monoisotopic (exact) mass is 357 g/mol. The number of anilines is 1. The molecule has 0 aliphatic carbocycles. The summed E-state index contributed by atoms with van der Waals surface area (Å²) in [4.78, 5) is 22.4. The maximum Gasteiger partial charge on any atom is 0.253 e. The highest BCUT2D eigenvalue weighted by molar-refractivity contribution is 7.09. The van der Waals surface area contributed by atoms with E-state index in [0.717, 1.165) is 43.9 Å². The Morgan fingerprint density at radius 3 is 2.68 bits per heavy atom. The number of aromatic nitrogens is 1. The highest BCUT2D eigenvalue weighted by Gasteiger charge is 2.42. The Balaban J connectivity index is 1.42. The van der Waals surface area contributed by atoms with Gasteiger partial charge in [0.1, 0.15) is 6.61 Å². The van der Waals surface area contributed by atoms with Crippen molar-refractivity contribution in [1.29, 1.82) is 0 Å². The third-order valence-electron chi connectivity index (χ3n) is 5.30. The molecule has 0 unspecified atom stereocenters. The quantitative estimate of drug-likeness (QED) is 0.847. The topological polar surface area (TPSA) is 45.7 Å². The van der Waals surface area contributed by atoms with Crippen molar-refractivity contribution < 1.29 is 9.53 Å². The molecule has 1 amide bonds. The fourth-order valence-corrected chi connectivity index (χ4v) is 4.48. The summed E-state index contributed by atoms with van der Waals surface area (Å²) < 4.78 is 6.05. The van der Waals surface area contributed by atoms with Gasteiger partial charge in [-0.05, 0) is 31.9 Å². The summed E-state index contributed by atoms with van der Waals surface area (Å²) in [5.74, 6) is 0.0551. The van der Waals surface area contributed by atoms with Crippen molar-refractivity contribution in [2.75, 3.05) is 31.1 Å². The van der Waals surface area contributed by atoms with E-state index in [1.165, 1.54) is 4.88 Å². The zero-order chi connectivity index (χ0) is 17.3. The van der Waals surface area contributed by atoms with Gasteiger partial charge in [0.05, 0.1) is 23.4 Å². The maximum atomic E-state index is 12.3. The molecule has 2 aromatic rings. The van der Waals surface area contributed by atoms with E-state index in [2.05, 4.69) is 16.8 Å². The number of nitrogens with zero attached hydrogens (tertiary/aromatic N) is 3. The largest absolute Gasteiger partial charge is 0.363 e. The highest BCUT2D eigenvalue weighted by atomic mass is 32.1. The number of thiazole rings is 1. The fourth-order valence-electron chi connectivity index (χ4n) is 3.66. The number of likely N-dealkylation sites (tertiary alicyclic amines) is 1. The molecule has 1 aromatic heterocycles. The number of hydrogen-bond acceptors (Lipinski definition) is 5. The van der Waals surface area contributed by atoms with Gasteiger partial charge in [-0.25, -0.2) is 4.98 Å². The second-order valence-electron chi connectivity index (χ2n) is 6.92. The first kappa shape index (κ1) is 16.7. The number of piperidine rings is 1. The molecule has 1 aromatic carbocycles. The molecule has 6 heteroatoms. The van der Waals surface area contributed by atoms with Crippen LogP contribution in [0.2, 0.25) is 0 Å². The Hall–Kier alpha value is -1.76. The lowest BCUT2D eigenvalue weighted by atomic mass is 9.89. The van der Waals surface area contributed by atoms with E-state index in [0.29, 0.717) is 6.54 Å². The van der Waals surface area contributed by atoms with Gasteiger partial charge in [0.2, 0.25) is 0 Å². The van der Waals surface area contributed by atoms with Crippen LogP contribution in [0.15, 0.2) is 35.8 Å². The van der Waals surface area contributed by atoms with Gasteiger partial charge in [0.15, 0.2) is 0 Å². The van der Waals surface area contributed by atoms with Gasteiger partial charge >= 0.3 is 0 Å². The first-order valence-electron chi connectivity index (χ1n) is 8.76. The Bertz CT molecular complexity index is 738. The molecule has 2 aliphatic rings. The molecule has 4 rings (SSSR count). The second-order valence-corrected chi connectivity index (χ2v) is 7.86. The number of para-hydroxylation sites is 1. The summed E-state index contributed by atoms with van der Waals surface area (Å²) in [5.41, 5.74) is 3.82. The van der Waals surface area contributed by atoms with Crippen molar-refractivity contribution in [2.24, 2.45) is 0 Å². The smallest absolute Gasteiger partial charge is 0.253 e. The number of morpholine rings is 1. The number of rotatable bonds is 3. The summed E-state index contributed by atoms with van der Waals surface area (Å²) in [6, 6.07) is 9.93. The van der Waals surface area contributed by atoms with Gasteiger partial charge in [-0.2, -0.15) is 0 Å². The lowest BCUT2D eigenvalue weighted by Gasteiger charge is -2.47. The Morgan fingerprint density at radius 2 is 2.00 bits per heavy atom. The van der Waals surface area contributed by atoms with E-state index in [1.807, 2.05) is 40.7 Å². The molecule has 2 saturated heterocycles. The molecule has 2 fully saturated rings. The van der Waals surface area contributed by atoms with Gasteiger partial charge in [0, 0.05) is 30.2 Å². The van der Waals surface area contributed by atoms with Gasteiger partial charge in [-0.3, -0.25) is 9.69 Å². The molecule has 25 heavy (non-hydrogen) atoms. The summed E-state index contributed by atoms with van der Waals surface area (Å²) in [6.45, 7) is 5.87. The molecule has 3 heterocycles. The number of carbonyl (C=O) groups excluding carboxylic acids is 1. The van der Waals surface area contributed by atoms with E-state index in [1.54, 1.807) is 11.3 Å². The Kier molecular flexibility index (Phi) is 4.58. The third-order valence-corrected chi connectivity index (χ3v) is 6.22. The number of hydrogen-bond donors (Lipinski definition) is 0. The van der Waals surface area contributed by atoms with Crippen molar-refractivity contribution in [2.45, 2.75) is 31.9 Å². The molecule has 132 valence electrons. The van der Waals surface area contributed by atoms with Crippen LogP contribution in [0.25, 0.3) is 0 Å². The summed E-state index contributed by atoms with van der Waals surface area (Å²) in [5, 5.41) is 0. The molecule has 0 bridgehead atoms. The number of aryl methyl sites for hydroxylation is 1. The van der Waals surface area contributed by atoms with Crippen molar-refractivity contribution in [1.82, 2.24) is 9.88 Å². The van der Waals surface area contributed by atoms with Gasteiger partial charge in [0.25, 0.3) is 5.91 Å². The number of ether oxygens (including phenoxy) is 1. The molecule has 0 atom stereocenters. The third kappa shape index (κ3) is 3.47. The normalized spacial score (nSPS) is 21.0. The van der Waals surface area contributed by atoms with E-state index < -0.39 is 0 Å². The van der Waals surface area contributed by atoms with E-state index in [-0.39, 0.29) is 18.1 Å². The standard InChI is InChI=1S/C19H23N3O2S/c1-15-17(25-14-20-15)11-21-9-7-19(8-10-21)13-22(18(23)12-24-19)16-5-3-2-4-6-16/h2-6,14H,7-13H2,1H3. The Labute approximate surface area is 152 Å². The van der Waals surface area contributed by atoms with E-state index in [4.69, 9.17) is 4.74 Å². The molecule has 1 spiro atoms. The zero-order valence-corrected chi connectivity index (χ0v) is 15.3. The minimum Gasteiger partial charge on any atom is -0.363 e. The summed E-state index contributed by atoms with van der Waals surface area (Å²) >= 11 is 1.73. The van der Waals surface area contributed by atoms with Gasteiger partial charge in [-0.1, -0.05) is 18.2 Å². The average molecular weight is 357 g/mol. The highest BCUT2D eigenvalue weighted by Crippen LogP contribution is 2.33. The van der Waals surface area contributed by atoms with Crippen LogP contribution < -0.4 is 4.90 Å². The molecule has 0 saturated carbocycles. The van der Waals surface area contributed by atoms with Crippen LogP contribution in [0.4, 0.5) is 5.69 Å². The van der Waals surface area contributed by atoms with Gasteiger partial charge in [-0.15, -0.1) is 11.3 Å². The van der Waals surface area contributed by atoms with Crippen molar-refractivity contribution >= 4 is 22.9 Å². The first-order valence-corrected chi connectivity index (χ1v) is 9.64. The fraction of sp³-hybridized carbons (Fsp3) is 0.474.